The van der Waals surface area contributed by atoms with Gasteiger partial charge in [-0.1, -0.05) is 29.8 Å². The van der Waals surface area contributed by atoms with Gasteiger partial charge in [0.05, 0.1) is 33.2 Å². The van der Waals surface area contributed by atoms with E-state index < -0.39 is 52.0 Å². The molecule has 3 aromatic rings. The number of hydrogen-bond donors (Lipinski definition) is 1. The molecule has 2 heterocycles. The first-order valence-electron chi connectivity index (χ1n) is 13.1. The minimum Gasteiger partial charge on any atom is -0.569 e. The van der Waals surface area contributed by atoms with Gasteiger partial charge in [-0.3, -0.25) is 9.59 Å². The Labute approximate surface area is 250 Å². The molecule has 0 saturated carbocycles. The van der Waals surface area contributed by atoms with Crippen molar-refractivity contribution in [3.8, 4) is 16.9 Å². The second kappa shape index (κ2) is 12.1. The molecule has 0 bridgehead atoms. The predicted octanol–water partition coefficient (Wildman–Crippen LogP) is 4.10. The van der Waals surface area contributed by atoms with Crippen molar-refractivity contribution in [3.05, 3.63) is 71.1 Å². The molecular formula is C27H29F3N6O7S. The van der Waals surface area contributed by atoms with Crippen molar-refractivity contribution < 1.29 is 45.7 Å². The van der Waals surface area contributed by atoms with Crippen LogP contribution in [0.25, 0.3) is 16.9 Å². The lowest BCUT2D eigenvalue weighted by Crippen LogP contribution is -2.59. The monoisotopic (exact) mass is 638 g/mol. The van der Waals surface area contributed by atoms with Crippen LogP contribution in [0.2, 0.25) is 0 Å². The van der Waals surface area contributed by atoms with Gasteiger partial charge in [0.1, 0.15) is 0 Å². The first-order chi connectivity index (χ1) is 20.5. The molecule has 2 aromatic carbocycles. The van der Waals surface area contributed by atoms with Gasteiger partial charge in [-0.05, 0) is 58.0 Å². The Bertz CT molecular complexity index is 1670. The number of nitrogens with zero attached hydrogens (tertiary/aromatic N) is 5. The lowest BCUT2D eigenvalue weighted by atomic mass is 9.98. The van der Waals surface area contributed by atoms with Gasteiger partial charge in [-0.15, -0.1) is 5.01 Å². The SMILES string of the molecule is Cc1ccc(-c2cc(C(F)(F)F)nn2-c2ccc(S(=O)(=O)NC(=O)[C@@H]3CCN3[N+]([O-])=NOCOC(=O)C(C)(C)C)cc2)cc1. The van der Waals surface area contributed by atoms with E-state index in [1.54, 1.807) is 45.0 Å². The Kier molecular flexibility index (Phi) is 8.90. The van der Waals surface area contributed by atoms with E-state index in [0.717, 1.165) is 33.5 Å². The lowest BCUT2D eigenvalue weighted by Gasteiger charge is -2.33. The summed E-state index contributed by atoms with van der Waals surface area (Å²) in [5, 5.41) is 20.0. The van der Waals surface area contributed by atoms with E-state index in [2.05, 4.69) is 15.2 Å². The van der Waals surface area contributed by atoms with Gasteiger partial charge >= 0.3 is 12.1 Å². The quantitative estimate of drug-likeness (QED) is 0.0910. The number of benzene rings is 2. The van der Waals surface area contributed by atoms with E-state index in [0.29, 0.717) is 5.56 Å². The maximum Gasteiger partial charge on any atom is 0.435 e. The summed E-state index contributed by atoms with van der Waals surface area (Å²) in [6.07, 6.45) is -4.58. The number of rotatable bonds is 9. The number of alkyl halides is 3. The molecule has 0 spiro atoms. The van der Waals surface area contributed by atoms with Gasteiger partial charge in [0, 0.05) is 12.0 Å². The topological polar surface area (TPSA) is 158 Å². The highest BCUT2D eigenvalue weighted by Gasteiger charge is 2.42. The third kappa shape index (κ3) is 7.27. The molecule has 17 heteroatoms. The van der Waals surface area contributed by atoms with Crippen LogP contribution in [-0.4, -0.2) is 59.4 Å². The molecule has 1 saturated heterocycles. The van der Waals surface area contributed by atoms with Crippen LogP contribution >= 0.6 is 0 Å². The average molecular weight is 639 g/mol. The summed E-state index contributed by atoms with van der Waals surface area (Å²) in [6, 6.07) is 11.2. The minimum atomic E-state index is -4.72. The number of carbonyl (C=O) groups is 2. The Morgan fingerprint density at radius 2 is 1.75 bits per heavy atom. The van der Waals surface area contributed by atoms with Crippen LogP contribution in [0, 0.1) is 17.5 Å². The third-order valence-electron chi connectivity index (χ3n) is 6.47. The molecule has 1 N–H and O–H groups in total. The number of aryl methyl sites for hydroxylation is 1. The summed E-state index contributed by atoms with van der Waals surface area (Å²) in [5.41, 5.74) is -0.283. The van der Waals surface area contributed by atoms with E-state index in [1.165, 1.54) is 12.1 Å². The van der Waals surface area contributed by atoms with Crippen molar-refractivity contribution >= 4 is 21.9 Å². The van der Waals surface area contributed by atoms with Crippen molar-refractivity contribution in [2.45, 2.75) is 51.2 Å². The molecule has 1 fully saturated rings. The molecule has 1 amide bonds. The summed E-state index contributed by atoms with van der Waals surface area (Å²) >= 11 is 0. The standard InChI is InChI=1S/C27H29F3N6O7S/c1-17-5-7-18(8-6-17)22-15-23(27(28,29)30)31-35(22)19-9-11-20(12-10-19)44(40,41)32-24(37)21-13-14-34(21)36(39)33-43-16-42-25(38)26(2,3)4/h5-12,15,21H,13-14,16H2,1-4H3,(H,32,37)/t21-/m0/s1. The molecule has 44 heavy (non-hydrogen) atoms. The molecule has 13 nitrogen and oxygen atoms in total. The van der Waals surface area contributed by atoms with E-state index in [-0.39, 0.29) is 34.2 Å². The molecule has 1 aromatic heterocycles. The molecular weight excluding hydrogens is 609 g/mol. The van der Waals surface area contributed by atoms with Crippen LogP contribution in [0.4, 0.5) is 13.2 Å². The van der Waals surface area contributed by atoms with Gasteiger partial charge in [0.15, 0.2) is 11.7 Å². The van der Waals surface area contributed by atoms with Crippen LogP contribution in [0.5, 0.6) is 0 Å². The number of hydrogen-bond acceptors (Lipinski definition) is 9. The summed E-state index contributed by atoms with van der Waals surface area (Å²) < 4.78 is 74.0. The fraction of sp³-hybridized carbons (Fsp3) is 0.370. The van der Waals surface area contributed by atoms with Gasteiger partial charge in [-0.2, -0.15) is 18.3 Å². The molecule has 1 aliphatic heterocycles. The molecule has 0 aliphatic carbocycles. The number of amides is 1. The van der Waals surface area contributed by atoms with Gasteiger partial charge in [0.2, 0.25) is 5.28 Å². The van der Waals surface area contributed by atoms with Crippen molar-refractivity contribution in [2.75, 3.05) is 13.3 Å². The van der Waals surface area contributed by atoms with E-state index >= 15 is 0 Å². The summed E-state index contributed by atoms with van der Waals surface area (Å²) in [5.74, 6) is -1.61. The number of aromatic nitrogens is 2. The number of ether oxygens (including phenoxy) is 1. The molecule has 0 unspecified atom stereocenters. The maximum absolute atomic E-state index is 13.5. The van der Waals surface area contributed by atoms with Crippen molar-refractivity contribution in [2.24, 2.45) is 10.7 Å². The Hall–Kier alpha value is -4.67. The second-order valence-electron chi connectivity index (χ2n) is 10.9. The van der Waals surface area contributed by atoms with Crippen LogP contribution in [-0.2, 0) is 35.4 Å². The Morgan fingerprint density at radius 1 is 1.11 bits per heavy atom. The number of sulfonamides is 1. The van der Waals surface area contributed by atoms with E-state index in [1.807, 2.05) is 11.6 Å². The number of carbonyl (C=O) groups excluding carboxylic acids is 2. The number of hydrazine groups is 1. The smallest absolute Gasteiger partial charge is 0.435 e. The van der Waals surface area contributed by atoms with Crippen molar-refractivity contribution in [3.63, 3.8) is 0 Å². The average Bonchev–Trinajstić information content (AvgIpc) is 3.36. The third-order valence-corrected chi connectivity index (χ3v) is 7.83. The fourth-order valence-electron chi connectivity index (χ4n) is 3.93. The highest BCUT2D eigenvalue weighted by atomic mass is 32.2. The van der Waals surface area contributed by atoms with Gasteiger partial charge < -0.3 is 14.8 Å². The van der Waals surface area contributed by atoms with Gasteiger partial charge in [-0.25, -0.2) is 17.8 Å². The minimum absolute atomic E-state index is 0.0506. The fourth-order valence-corrected chi connectivity index (χ4v) is 4.95. The first-order valence-corrected chi connectivity index (χ1v) is 14.6. The maximum atomic E-state index is 13.5. The second-order valence-corrected chi connectivity index (χ2v) is 12.6. The zero-order valence-electron chi connectivity index (χ0n) is 24.0. The Morgan fingerprint density at radius 3 is 2.30 bits per heavy atom. The molecule has 0 radical (unpaired) electrons. The number of halogens is 3. The van der Waals surface area contributed by atoms with Crippen LogP contribution in [0.1, 0.15) is 38.4 Å². The zero-order valence-corrected chi connectivity index (χ0v) is 24.8. The summed E-state index contributed by atoms with van der Waals surface area (Å²) in [4.78, 5) is 28.7. The summed E-state index contributed by atoms with van der Waals surface area (Å²) in [6.45, 7) is 6.11. The van der Waals surface area contributed by atoms with E-state index in [4.69, 9.17) is 4.74 Å². The summed E-state index contributed by atoms with van der Waals surface area (Å²) in [7, 11) is -4.43. The van der Waals surface area contributed by atoms with Crippen molar-refractivity contribution in [1.82, 2.24) is 19.5 Å². The normalized spacial score (nSPS) is 15.8. The van der Waals surface area contributed by atoms with Crippen LogP contribution < -0.4 is 4.72 Å². The van der Waals surface area contributed by atoms with Gasteiger partial charge in [0.25, 0.3) is 22.7 Å². The predicted molar refractivity (Wildman–Crippen MR) is 147 cm³/mol. The molecule has 1 atom stereocenters. The number of esters is 1. The highest BCUT2D eigenvalue weighted by Crippen LogP contribution is 2.33. The molecule has 236 valence electrons. The first kappa shape index (κ1) is 32.2. The largest absolute Gasteiger partial charge is 0.569 e. The highest BCUT2D eigenvalue weighted by molar-refractivity contribution is 7.90. The Balaban J connectivity index is 1.45. The van der Waals surface area contributed by atoms with Crippen LogP contribution in [0.15, 0.2) is 64.8 Å². The number of nitrogens with one attached hydrogen (secondary N) is 1. The zero-order chi connectivity index (χ0) is 32.4. The lowest BCUT2D eigenvalue weighted by molar-refractivity contribution is -0.729. The van der Waals surface area contributed by atoms with Crippen LogP contribution in [0.3, 0.4) is 0 Å². The van der Waals surface area contributed by atoms with E-state index in [9.17, 15) is 36.4 Å². The van der Waals surface area contributed by atoms with Crippen molar-refractivity contribution in [1.29, 1.82) is 0 Å². The molecule has 4 rings (SSSR count). The molecule has 1 aliphatic rings.